The molecule has 0 aromatic heterocycles. The minimum Gasteiger partial charge on any atom is -0.481 e. The summed E-state index contributed by atoms with van der Waals surface area (Å²) in [5.41, 5.74) is 0. The van der Waals surface area contributed by atoms with Gasteiger partial charge < -0.3 is 5.11 Å². The van der Waals surface area contributed by atoms with Crippen LogP contribution in [0.4, 0.5) is 0 Å². The molecule has 0 aromatic carbocycles. The highest BCUT2D eigenvalue weighted by Crippen LogP contribution is 1.99. The normalized spacial score (nSPS) is 14.7. The number of carboxylic acid groups (broad SMARTS) is 1. The molecule has 0 spiro atoms. The van der Waals surface area contributed by atoms with Crippen LogP contribution in [-0.4, -0.2) is 37.4 Å². The minimum absolute atomic E-state index is 0.117. The van der Waals surface area contributed by atoms with Crippen LogP contribution in [0.2, 0.25) is 0 Å². The van der Waals surface area contributed by atoms with Crippen molar-refractivity contribution in [1.82, 2.24) is 4.31 Å². The molecule has 6 nitrogen and oxygen atoms in total. The third-order valence-corrected chi connectivity index (χ3v) is 2.40. The van der Waals surface area contributed by atoms with E-state index in [-0.39, 0.29) is 6.54 Å². The SMILES string of the molecule is CC(CN(C)S(N)(=O)=O)C(=O)O. The van der Waals surface area contributed by atoms with E-state index in [0.717, 1.165) is 4.31 Å². The lowest BCUT2D eigenvalue weighted by molar-refractivity contribution is -0.141. The van der Waals surface area contributed by atoms with Crippen molar-refractivity contribution in [3.63, 3.8) is 0 Å². The Balaban J connectivity index is 4.20. The average Bonchev–Trinajstić information content (AvgIpc) is 1.85. The highest BCUT2D eigenvalue weighted by atomic mass is 32.2. The first kappa shape index (κ1) is 11.3. The summed E-state index contributed by atoms with van der Waals surface area (Å²) in [5.74, 6) is -1.81. The monoisotopic (exact) mass is 196 g/mol. The first-order chi connectivity index (χ1) is 5.25. The summed E-state index contributed by atoms with van der Waals surface area (Å²) in [6, 6.07) is 0. The highest BCUT2D eigenvalue weighted by molar-refractivity contribution is 7.86. The lowest BCUT2D eigenvalue weighted by atomic mass is 10.2. The largest absolute Gasteiger partial charge is 0.481 e. The summed E-state index contributed by atoms with van der Waals surface area (Å²) in [7, 11) is -2.53. The van der Waals surface area contributed by atoms with Crippen molar-refractivity contribution in [2.45, 2.75) is 6.92 Å². The first-order valence-corrected chi connectivity index (χ1v) is 4.72. The molecule has 0 bridgehead atoms. The fourth-order valence-electron chi connectivity index (χ4n) is 0.568. The van der Waals surface area contributed by atoms with E-state index in [4.69, 9.17) is 10.2 Å². The second-order valence-electron chi connectivity index (χ2n) is 2.56. The zero-order valence-electron chi connectivity index (χ0n) is 6.89. The number of rotatable bonds is 4. The molecule has 0 aliphatic carbocycles. The number of carbonyl (C=O) groups is 1. The van der Waals surface area contributed by atoms with Crippen molar-refractivity contribution >= 4 is 16.2 Å². The Morgan fingerprint density at radius 1 is 1.67 bits per heavy atom. The standard InChI is InChI=1S/C5H12N2O4S/c1-4(5(8)9)3-7(2)12(6,10)11/h4H,3H2,1-2H3,(H,8,9)(H2,6,10,11). The van der Waals surface area contributed by atoms with Crippen LogP contribution in [0.1, 0.15) is 6.92 Å². The average molecular weight is 196 g/mol. The Morgan fingerprint density at radius 2 is 2.08 bits per heavy atom. The Morgan fingerprint density at radius 3 is 2.33 bits per heavy atom. The molecule has 0 rings (SSSR count). The zero-order valence-corrected chi connectivity index (χ0v) is 7.71. The second-order valence-corrected chi connectivity index (χ2v) is 4.22. The van der Waals surface area contributed by atoms with Crippen molar-refractivity contribution in [3.05, 3.63) is 0 Å². The van der Waals surface area contributed by atoms with Gasteiger partial charge in [0.25, 0.3) is 10.2 Å². The molecular formula is C5H12N2O4S. The first-order valence-electron chi connectivity index (χ1n) is 3.22. The number of nitrogens with zero attached hydrogens (tertiary/aromatic N) is 1. The van der Waals surface area contributed by atoms with Gasteiger partial charge in [-0.25, -0.2) is 5.14 Å². The van der Waals surface area contributed by atoms with E-state index < -0.39 is 22.1 Å². The van der Waals surface area contributed by atoms with Gasteiger partial charge in [0.05, 0.1) is 5.92 Å². The van der Waals surface area contributed by atoms with Gasteiger partial charge in [-0.05, 0) is 0 Å². The predicted octanol–water partition coefficient (Wildman–Crippen LogP) is -1.16. The van der Waals surface area contributed by atoms with E-state index in [1.54, 1.807) is 0 Å². The number of aliphatic carboxylic acids is 1. The molecule has 0 saturated carbocycles. The van der Waals surface area contributed by atoms with Gasteiger partial charge in [-0.15, -0.1) is 0 Å². The maximum Gasteiger partial charge on any atom is 0.307 e. The van der Waals surface area contributed by atoms with Crippen molar-refractivity contribution in [1.29, 1.82) is 0 Å². The molecule has 0 aromatic rings. The second kappa shape index (κ2) is 3.83. The summed E-state index contributed by atoms with van der Waals surface area (Å²) in [6.07, 6.45) is 0. The van der Waals surface area contributed by atoms with E-state index in [9.17, 15) is 13.2 Å². The van der Waals surface area contributed by atoms with Gasteiger partial charge in [0.2, 0.25) is 0 Å². The summed E-state index contributed by atoms with van der Waals surface area (Å²) >= 11 is 0. The van der Waals surface area contributed by atoms with Gasteiger partial charge in [0.15, 0.2) is 0 Å². The molecule has 1 unspecified atom stereocenters. The summed E-state index contributed by atoms with van der Waals surface area (Å²) in [6.45, 7) is 1.29. The van der Waals surface area contributed by atoms with Crippen LogP contribution in [-0.2, 0) is 15.0 Å². The molecule has 3 N–H and O–H groups in total. The van der Waals surface area contributed by atoms with Crippen molar-refractivity contribution < 1.29 is 18.3 Å². The highest BCUT2D eigenvalue weighted by Gasteiger charge is 2.19. The molecule has 0 saturated heterocycles. The maximum absolute atomic E-state index is 10.6. The van der Waals surface area contributed by atoms with Gasteiger partial charge >= 0.3 is 5.97 Å². The molecule has 0 fully saturated rings. The molecule has 0 heterocycles. The van der Waals surface area contributed by atoms with Gasteiger partial charge in [-0.2, -0.15) is 12.7 Å². The predicted molar refractivity (Wildman–Crippen MR) is 42.5 cm³/mol. The fourth-order valence-corrected chi connectivity index (χ4v) is 0.999. The third-order valence-electron chi connectivity index (χ3n) is 1.39. The minimum atomic E-state index is -3.76. The molecule has 0 amide bonds. The molecule has 0 aliphatic heterocycles. The number of hydrogen-bond donors (Lipinski definition) is 2. The molecule has 7 heteroatoms. The summed E-state index contributed by atoms with van der Waals surface area (Å²) in [4.78, 5) is 10.3. The Bertz CT molecular complexity index is 261. The summed E-state index contributed by atoms with van der Waals surface area (Å²) < 4.78 is 22.0. The molecule has 72 valence electrons. The molecule has 0 radical (unpaired) electrons. The molecular weight excluding hydrogens is 184 g/mol. The van der Waals surface area contributed by atoms with E-state index in [0.29, 0.717) is 0 Å². The summed E-state index contributed by atoms with van der Waals surface area (Å²) in [5, 5.41) is 13.2. The van der Waals surface area contributed by atoms with Crippen LogP contribution < -0.4 is 5.14 Å². The van der Waals surface area contributed by atoms with Crippen LogP contribution in [0.3, 0.4) is 0 Å². The lowest BCUT2D eigenvalue weighted by Crippen LogP contribution is -2.37. The van der Waals surface area contributed by atoms with Crippen molar-refractivity contribution in [2.75, 3.05) is 13.6 Å². The Hall–Kier alpha value is -0.660. The fraction of sp³-hybridized carbons (Fsp3) is 0.800. The van der Waals surface area contributed by atoms with Crippen LogP contribution >= 0.6 is 0 Å². The van der Waals surface area contributed by atoms with Gasteiger partial charge in [-0.3, -0.25) is 4.79 Å². The maximum atomic E-state index is 10.6. The quantitative estimate of drug-likeness (QED) is 0.592. The van der Waals surface area contributed by atoms with Crippen LogP contribution in [0.5, 0.6) is 0 Å². The molecule has 1 atom stereocenters. The van der Waals surface area contributed by atoms with Crippen LogP contribution in [0.25, 0.3) is 0 Å². The Labute approximate surface area is 71.2 Å². The van der Waals surface area contributed by atoms with E-state index in [1.165, 1.54) is 14.0 Å². The van der Waals surface area contributed by atoms with Gasteiger partial charge in [-0.1, -0.05) is 6.92 Å². The third kappa shape index (κ3) is 3.65. The zero-order chi connectivity index (χ0) is 9.94. The van der Waals surface area contributed by atoms with Gasteiger partial charge in [0.1, 0.15) is 0 Å². The van der Waals surface area contributed by atoms with E-state index in [1.807, 2.05) is 0 Å². The number of carboxylic acids is 1. The smallest absolute Gasteiger partial charge is 0.307 e. The van der Waals surface area contributed by atoms with Crippen LogP contribution in [0, 0.1) is 5.92 Å². The topological polar surface area (TPSA) is 101 Å². The van der Waals surface area contributed by atoms with E-state index in [2.05, 4.69) is 0 Å². The van der Waals surface area contributed by atoms with E-state index >= 15 is 0 Å². The van der Waals surface area contributed by atoms with Crippen molar-refractivity contribution in [2.24, 2.45) is 11.1 Å². The lowest BCUT2D eigenvalue weighted by Gasteiger charge is -2.15. The van der Waals surface area contributed by atoms with Crippen molar-refractivity contribution in [3.8, 4) is 0 Å². The van der Waals surface area contributed by atoms with Crippen LogP contribution in [0.15, 0.2) is 0 Å². The Kier molecular flexibility index (Phi) is 3.62. The number of hydrogen-bond acceptors (Lipinski definition) is 3. The number of nitrogens with two attached hydrogens (primary N) is 1. The van der Waals surface area contributed by atoms with Gasteiger partial charge in [0, 0.05) is 13.6 Å². The molecule has 0 aliphatic rings. The molecule has 12 heavy (non-hydrogen) atoms.